The first kappa shape index (κ1) is 21.6. The van der Waals surface area contributed by atoms with Gasteiger partial charge in [0.05, 0.1) is 12.2 Å². The van der Waals surface area contributed by atoms with Crippen LogP contribution in [0.4, 0.5) is 17.6 Å². The van der Waals surface area contributed by atoms with Gasteiger partial charge in [0.25, 0.3) is 0 Å². The van der Waals surface area contributed by atoms with Crippen molar-refractivity contribution in [1.29, 1.82) is 0 Å². The molecule has 1 unspecified atom stereocenters. The van der Waals surface area contributed by atoms with Crippen molar-refractivity contribution < 1.29 is 15.0 Å². The van der Waals surface area contributed by atoms with E-state index >= 15 is 0 Å². The lowest BCUT2D eigenvalue weighted by atomic mass is 10.0. The van der Waals surface area contributed by atoms with Crippen LogP contribution in [-0.4, -0.2) is 68.3 Å². The van der Waals surface area contributed by atoms with E-state index in [4.69, 9.17) is 11.5 Å². The highest BCUT2D eigenvalue weighted by atomic mass is 16.3. The number of aliphatic hydroxyl groups excluding tert-OH is 2. The molecule has 1 aliphatic heterocycles. The van der Waals surface area contributed by atoms with Gasteiger partial charge in [-0.2, -0.15) is 15.0 Å². The molecule has 2 heterocycles. The number of benzene rings is 1. The molecular formula is C21H29N7O3. The molecule has 2 aliphatic rings. The highest BCUT2D eigenvalue weighted by Crippen LogP contribution is 2.34. The molecule has 1 saturated heterocycles. The molecular weight excluding hydrogens is 398 g/mol. The highest BCUT2D eigenvalue weighted by Gasteiger charge is 2.35. The summed E-state index contributed by atoms with van der Waals surface area (Å²) in [5, 5.41) is 23.1. The molecule has 1 aromatic carbocycles. The number of Topliss-reactive ketones (excluding diaryl/α,β-unsaturated/α-hetero) is 1. The number of nitrogens with one attached hydrogen (secondary N) is 1. The van der Waals surface area contributed by atoms with Crippen LogP contribution >= 0.6 is 0 Å². The molecule has 0 radical (unpaired) electrons. The average molecular weight is 428 g/mol. The first-order valence-electron chi connectivity index (χ1n) is 10.5. The van der Waals surface area contributed by atoms with E-state index in [1.807, 2.05) is 4.90 Å². The fourth-order valence-corrected chi connectivity index (χ4v) is 4.22. The number of rotatable bonds is 5. The topological polar surface area (TPSA) is 164 Å². The highest BCUT2D eigenvalue weighted by molar-refractivity contribution is 5.94. The normalized spacial score (nSPS) is 28.5. The summed E-state index contributed by atoms with van der Waals surface area (Å²) in [6.45, 7) is 2.69. The second-order valence-electron chi connectivity index (χ2n) is 8.54. The summed E-state index contributed by atoms with van der Waals surface area (Å²) < 4.78 is 0. The van der Waals surface area contributed by atoms with Crippen LogP contribution in [0.15, 0.2) is 24.3 Å². The number of ketones is 1. The van der Waals surface area contributed by atoms with Crippen molar-refractivity contribution in [1.82, 2.24) is 15.0 Å². The lowest BCUT2D eigenvalue weighted by molar-refractivity contribution is 0.0438. The van der Waals surface area contributed by atoms with Gasteiger partial charge in [-0.1, -0.05) is 0 Å². The molecule has 1 saturated carbocycles. The number of carbonyl (C=O) groups is 1. The van der Waals surface area contributed by atoms with E-state index in [1.54, 1.807) is 24.3 Å². The first-order valence-corrected chi connectivity index (χ1v) is 10.5. The predicted molar refractivity (Wildman–Crippen MR) is 116 cm³/mol. The van der Waals surface area contributed by atoms with Gasteiger partial charge in [0.2, 0.25) is 11.9 Å². The van der Waals surface area contributed by atoms with Crippen LogP contribution in [0.1, 0.15) is 48.3 Å². The van der Waals surface area contributed by atoms with Gasteiger partial charge in [-0.25, -0.2) is 0 Å². The summed E-state index contributed by atoms with van der Waals surface area (Å²) in [5.41, 5.74) is 13.6. The van der Waals surface area contributed by atoms with Crippen molar-refractivity contribution in [3.63, 3.8) is 0 Å². The van der Waals surface area contributed by atoms with Crippen LogP contribution < -0.4 is 21.7 Å². The minimum atomic E-state index is -0.794. The van der Waals surface area contributed by atoms with Crippen LogP contribution in [0.5, 0.6) is 0 Å². The third-order valence-electron chi connectivity index (χ3n) is 5.85. The van der Waals surface area contributed by atoms with Crippen LogP contribution in [0.2, 0.25) is 0 Å². The molecule has 2 aromatic rings. The van der Waals surface area contributed by atoms with Gasteiger partial charge in [-0.15, -0.1) is 0 Å². The quantitative estimate of drug-likeness (QED) is 0.419. The predicted octanol–water partition coefficient (Wildman–Crippen LogP) is 0.282. The summed E-state index contributed by atoms with van der Waals surface area (Å²) in [7, 11) is 0. The Kier molecular flexibility index (Phi) is 6.15. The Balaban J connectivity index is 1.64. The maximum Gasteiger partial charge on any atom is 0.232 e. The molecule has 31 heavy (non-hydrogen) atoms. The number of piperidine rings is 1. The number of aliphatic hydroxyl groups is 2. The fourth-order valence-electron chi connectivity index (χ4n) is 4.22. The molecule has 0 bridgehead atoms. The van der Waals surface area contributed by atoms with Gasteiger partial charge in [0, 0.05) is 42.3 Å². The lowest BCUT2D eigenvalue weighted by Crippen LogP contribution is -2.53. The molecule has 5 atom stereocenters. The van der Waals surface area contributed by atoms with Crippen LogP contribution in [0.25, 0.3) is 0 Å². The summed E-state index contributed by atoms with van der Waals surface area (Å²) in [4.78, 5) is 27.2. The molecule has 4 rings (SSSR count). The summed E-state index contributed by atoms with van der Waals surface area (Å²) >= 11 is 0. The van der Waals surface area contributed by atoms with E-state index in [9.17, 15) is 15.0 Å². The van der Waals surface area contributed by atoms with Gasteiger partial charge < -0.3 is 31.9 Å². The van der Waals surface area contributed by atoms with Crippen molar-refractivity contribution in [3.8, 4) is 0 Å². The Morgan fingerprint density at radius 1 is 1.00 bits per heavy atom. The van der Waals surface area contributed by atoms with Gasteiger partial charge in [-0.05, 0) is 50.5 Å². The van der Waals surface area contributed by atoms with E-state index in [-0.39, 0.29) is 23.8 Å². The molecule has 7 N–H and O–H groups in total. The molecule has 0 amide bonds. The first-order chi connectivity index (χ1) is 14.8. The molecule has 10 heteroatoms. The zero-order valence-corrected chi connectivity index (χ0v) is 17.5. The van der Waals surface area contributed by atoms with E-state index < -0.39 is 12.2 Å². The fraction of sp³-hybridized carbons (Fsp3) is 0.524. The third kappa shape index (κ3) is 4.99. The minimum absolute atomic E-state index is 0.00703. The monoisotopic (exact) mass is 427 g/mol. The Morgan fingerprint density at radius 3 is 2.19 bits per heavy atom. The number of hydrogen-bond donors (Lipinski definition) is 5. The lowest BCUT2D eigenvalue weighted by Gasteiger charge is -2.34. The largest absolute Gasteiger partial charge is 0.390 e. The SMILES string of the molecule is CC(=O)c1ccc(Nc2nc(C3C[C@@H](O)[C@@H](O)C3)nc(N3C[C@H](N)C[C@H](N)C3)n2)cc1. The van der Waals surface area contributed by atoms with E-state index in [0.717, 1.165) is 12.1 Å². The molecule has 10 nitrogen and oxygen atoms in total. The zero-order chi connectivity index (χ0) is 22.1. The van der Waals surface area contributed by atoms with Crippen LogP contribution in [0.3, 0.4) is 0 Å². The third-order valence-corrected chi connectivity index (χ3v) is 5.85. The molecule has 1 aliphatic carbocycles. The standard InChI is InChI=1S/C21H29N7O3/c1-11(29)12-2-4-16(5-3-12)24-20-25-19(13-6-17(30)18(31)7-13)26-21(27-20)28-9-14(22)8-15(23)10-28/h2-5,13-15,17-18,30-31H,6-10,22-23H2,1H3,(H,24,25,26,27)/t13?,14-,15+,17-,18+. The Labute approximate surface area is 180 Å². The Morgan fingerprint density at radius 2 is 1.61 bits per heavy atom. The van der Waals surface area contributed by atoms with Gasteiger partial charge in [-0.3, -0.25) is 4.79 Å². The van der Waals surface area contributed by atoms with E-state index in [0.29, 0.717) is 49.2 Å². The van der Waals surface area contributed by atoms with Gasteiger partial charge in [0.15, 0.2) is 5.78 Å². The van der Waals surface area contributed by atoms with Gasteiger partial charge in [0.1, 0.15) is 5.82 Å². The Bertz CT molecular complexity index is 919. The number of carbonyl (C=O) groups excluding carboxylic acids is 1. The number of hydrogen-bond acceptors (Lipinski definition) is 10. The zero-order valence-electron chi connectivity index (χ0n) is 17.5. The number of nitrogens with two attached hydrogens (primary N) is 2. The number of aromatic nitrogens is 3. The maximum atomic E-state index is 11.5. The molecule has 1 aromatic heterocycles. The second-order valence-corrected chi connectivity index (χ2v) is 8.54. The van der Waals surface area contributed by atoms with Crippen molar-refractivity contribution in [2.24, 2.45) is 11.5 Å². The van der Waals surface area contributed by atoms with Crippen molar-refractivity contribution >= 4 is 23.4 Å². The number of anilines is 3. The second kappa shape index (κ2) is 8.83. The van der Waals surface area contributed by atoms with Crippen LogP contribution in [-0.2, 0) is 0 Å². The molecule has 2 fully saturated rings. The Hall–Kier alpha value is -2.66. The smallest absolute Gasteiger partial charge is 0.232 e. The average Bonchev–Trinajstić information content (AvgIpc) is 3.06. The van der Waals surface area contributed by atoms with E-state index in [1.165, 1.54) is 6.92 Å². The van der Waals surface area contributed by atoms with Gasteiger partial charge >= 0.3 is 0 Å². The minimum Gasteiger partial charge on any atom is -0.390 e. The summed E-state index contributed by atoms with van der Waals surface area (Å²) in [5.74, 6) is 1.14. The number of nitrogens with zero attached hydrogens (tertiary/aromatic N) is 4. The molecule has 0 spiro atoms. The van der Waals surface area contributed by atoms with E-state index in [2.05, 4.69) is 20.3 Å². The summed E-state index contributed by atoms with van der Waals surface area (Å²) in [6.07, 6.45) is -0.0780. The van der Waals surface area contributed by atoms with Crippen LogP contribution in [0, 0.1) is 0 Å². The van der Waals surface area contributed by atoms with Crippen molar-refractivity contribution in [2.45, 2.75) is 56.4 Å². The maximum absolute atomic E-state index is 11.5. The van der Waals surface area contributed by atoms with Crippen molar-refractivity contribution in [2.75, 3.05) is 23.3 Å². The summed E-state index contributed by atoms with van der Waals surface area (Å²) in [6, 6.07) is 6.90. The van der Waals surface area contributed by atoms with Crippen molar-refractivity contribution in [3.05, 3.63) is 35.7 Å². The molecule has 166 valence electrons.